The van der Waals surface area contributed by atoms with Gasteiger partial charge in [0.05, 0.1) is 22.5 Å². The Balaban J connectivity index is 2.43. The zero-order valence-corrected chi connectivity index (χ0v) is 10.3. The highest BCUT2D eigenvalue weighted by molar-refractivity contribution is 6.01. The summed E-state index contributed by atoms with van der Waals surface area (Å²) in [5.74, 6) is -1.67. The number of nitro groups is 1. The molecule has 2 amide bonds. The van der Waals surface area contributed by atoms with Gasteiger partial charge in [-0.1, -0.05) is 0 Å². The van der Waals surface area contributed by atoms with E-state index in [1.165, 1.54) is 12.1 Å². The molecule has 1 aromatic rings. The molecule has 0 radical (unpaired) electrons. The molecule has 0 spiro atoms. The zero-order chi connectivity index (χ0) is 14.9. The molecule has 0 bridgehead atoms. The van der Waals surface area contributed by atoms with Gasteiger partial charge >= 0.3 is 0 Å². The van der Waals surface area contributed by atoms with Gasteiger partial charge in [-0.2, -0.15) is 5.26 Å². The Morgan fingerprint density at radius 3 is 2.75 bits per heavy atom. The largest absolute Gasteiger partial charge is 0.369 e. The molecule has 0 saturated carbocycles. The first-order valence-electron chi connectivity index (χ1n) is 5.72. The molecule has 20 heavy (non-hydrogen) atoms. The van der Waals surface area contributed by atoms with E-state index in [1.54, 1.807) is 6.07 Å². The van der Waals surface area contributed by atoms with Crippen LogP contribution in [0.25, 0.3) is 0 Å². The summed E-state index contributed by atoms with van der Waals surface area (Å²) in [6.07, 6.45) is -0.0630. The number of carbonyl (C=O) groups is 2. The number of benzene rings is 1. The predicted octanol–water partition coefficient (Wildman–Crippen LogP) is 0.305. The van der Waals surface area contributed by atoms with Crippen molar-refractivity contribution in [3.8, 4) is 6.07 Å². The lowest BCUT2D eigenvalue weighted by atomic mass is 10.1. The number of nitrogens with two attached hydrogens (primary N) is 1. The second kappa shape index (κ2) is 4.97. The lowest BCUT2D eigenvalue weighted by Gasteiger charge is -2.16. The smallest absolute Gasteiger partial charge is 0.294 e. The van der Waals surface area contributed by atoms with Crippen LogP contribution in [0.3, 0.4) is 0 Å². The van der Waals surface area contributed by atoms with E-state index in [4.69, 9.17) is 11.0 Å². The van der Waals surface area contributed by atoms with Crippen molar-refractivity contribution in [2.75, 3.05) is 11.4 Å². The standard InChI is InChI=1S/C12H10N4O4/c13-5-7-1-2-9(10(3-7)16(19)20)15-6-8(12(14)18)4-11(15)17/h1-3,8H,4,6H2,(H2,14,18). The van der Waals surface area contributed by atoms with Gasteiger partial charge in [0.1, 0.15) is 5.69 Å². The Labute approximate surface area is 113 Å². The third-order valence-electron chi connectivity index (χ3n) is 3.12. The van der Waals surface area contributed by atoms with Gasteiger partial charge < -0.3 is 10.6 Å². The van der Waals surface area contributed by atoms with E-state index in [9.17, 15) is 19.7 Å². The van der Waals surface area contributed by atoms with Crippen LogP contribution in [0.15, 0.2) is 18.2 Å². The van der Waals surface area contributed by atoms with Crippen molar-refractivity contribution in [3.63, 3.8) is 0 Å². The van der Waals surface area contributed by atoms with Crippen molar-refractivity contribution >= 4 is 23.2 Å². The van der Waals surface area contributed by atoms with Crippen LogP contribution in [0.4, 0.5) is 11.4 Å². The second-order valence-corrected chi connectivity index (χ2v) is 4.38. The molecule has 1 saturated heterocycles. The van der Waals surface area contributed by atoms with E-state index in [0.29, 0.717) is 0 Å². The lowest BCUT2D eigenvalue weighted by Crippen LogP contribution is -2.28. The summed E-state index contributed by atoms with van der Waals surface area (Å²) >= 11 is 0. The molecule has 1 aliphatic heterocycles. The Kier molecular flexibility index (Phi) is 3.35. The molecule has 1 unspecified atom stereocenters. The summed E-state index contributed by atoms with van der Waals surface area (Å²) in [7, 11) is 0. The number of amides is 2. The fraction of sp³-hybridized carbons (Fsp3) is 0.250. The highest BCUT2D eigenvalue weighted by Gasteiger charge is 2.36. The van der Waals surface area contributed by atoms with Crippen LogP contribution in [-0.2, 0) is 9.59 Å². The third kappa shape index (κ3) is 2.29. The number of nitrogens with zero attached hydrogens (tertiary/aromatic N) is 3. The molecular weight excluding hydrogens is 264 g/mol. The molecule has 1 aliphatic rings. The van der Waals surface area contributed by atoms with Gasteiger partial charge in [0.15, 0.2) is 0 Å². The minimum Gasteiger partial charge on any atom is -0.369 e. The van der Waals surface area contributed by atoms with Gasteiger partial charge in [-0.15, -0.1) is 0 Å². The van der Waals surface area contributed by atoms with E-state index >= 15 is 0 Å². The Hall–Kier alpha value is -2.95. The molecule has 2 rings (SSSR count). The number of primary amides is 1. The normalized spacial score (nSPS) is 17.9. The van der Waals surface area contributed by atoms with Gasteiger partial charge in [-0.3, -0.25) is 19.7 Å². The zero-order valence-electron chi connectivity index (χ0n) is 10.3. The average Bonchev–Trinajstić information content (AvgIpc) is 2.80. The van der Waals surface area contributed by atoms with Gasteiger partial charge in [-0.05, 0) is 12.1 Å². The van der Waals surface area contributed by atoms with Crippen molar-refractivity contribution < 1.29 is 14.5 Å². The number of anilines is 1. The maximum Gasteiger partial charge on any atom is 0.294 e. The molecule has 2 N–H and O–H groups in total. The van der Waals surface area contributed by atoms with E-state index in [0.717, 1.165) is 11.0 Å². The predicted molar refractivity (Wildman–Crippen MR) is 67.5 cm³/mol. The Morgan fingerprint density at radius 1 is 1.55 bits per heavy atom. The molecule has 0 aromatic heterocycles. The van der Waals surface area contributed by atoms with Crippen LogP contribution in [-0.4, -0.2) is 23.3 Å². The fourth-order valence-electron chi connectivity index (χ4n) is 2.10. The van der Waals surface area contributed by atoms with Crippen molar-refractivity contribution in [1.29, 1.82) is 5.26 Å². The second-order valence-electron chi connectivity index (χ2n) is 4.38. The van der Waals surface area contributed by atoms with Crippen LogP contribution < -0.4 is 10.6 Å². The number of hydrogen-bond donors (Lipinski definition) is 1. The van der Waals surface area contributed by atoms with E-state index < -0.39 is 22.7 Å². The van der Waals surface area contributed by atoms with Crippen molar-refractivity contribution in [1.82, 2.24) is 0 Å². The number of nitro benzene ring substituents is 1. The SMILES string of the molecule is N#Cc1ccc(N2CC(C(N)=O)CC2=O)c([N+](=O)[O-])c1. The minimum absolute atomic E-state index is 0.0148. The van der Waals surface area contributed by atoms with Gasteiger partial charge in [0.25, 0.3) is 5.69 Å². The average molecular weight is 274 g/mol. The first-order valence-corrected chi connectivity index (χ1v) is 5.72. The van der Waals surface area contributed by atoms with E-state index in [-0.39, 0.29) is 29.9 Å². The summed E-state index contributed by atoms with van der Waals surface area (Å²) in [6, 6.07) is 5.61. The topological polar surface area (TPSA) is 130 Å². The van der Waals surface area contributed by atoms with Crippen LogP contribution in [0.5, 0.6) is 0 Å². The highest BCUT2D eigenvalue weighted by atomic mass is 16.6. The molecule has 102 valence electrons. The summed E-state index contributed by atoms with van der Waals surface area (Å²) in [5, 5.41) is 19.8. The number of nitriles is 1. The molecule has 8 heteroatoms. The number of carbonyl (C=O) groups excluding carboxylic acids is 2. The fourth-order valence-corrected chi connectivity index (χ4v) is 2.10. The van der Waals surface area contributed by atoms with Crippen LogP contribution in [0.2, 0.25) is 0 Å². The number of hydrogen-bond acceptors (Lipinski definition) is 5. The summed E-state index contributed by atoms with van der Waals surface area (Å²) < 4.78 is 0. The number of rotatable bonds is 3. The molecular formula is C12H10N4O4. The Bertz CT molecular complexity index is 649. The van der Waals surface area contributed by atoms with Crippen LogP contribution in [0.1, 0.15) is 12.0 Å². The van der Waals surface area contributed by atoms with E-state index in [2.05, 4.69) is 0 Å². The van der Waals surface area contributed by atoms with Crippen molar-refractivity contribution in [3.05, 3.63) is 33.9 Å². The summed E-state index contributed by atoms with van der Waals surface area (Å²) in [4.78, 5) is 34.5. The highest BCUT2D eigenvalue weighted by Crippen LogP contribution is 2.33. The molecule has 1 aromatic carbocycles. The quantitative estimate of drug-likeness (QED) is 0.625. The van der Waals surface area contributed by atoms with Crippen molar-refractivity contribution in [2.24, 2.45) is 11.7 Å². The monoisotopic (exact) mass is 274 g/mol. The Morgan fingerprint density at radius 2 is 2.25 bits per heavy atom. The maximum absolute atomic E-state index is 11.8. The van der Waals surface area contributed by atoms with Crippen LogP contribution >= 0.6 is 0 Å². The van der Waals surface area contributed by atoms with E-state index in [1.807, 2.05) is 0 Å². The van der Waals surface area contributed by atoms with Gasteiger partial charge in [-0.25, -0.2) is 0 Å². The molecule has 1 fully saturated rings. The maximum atomic E-state index is 11.8. The van der Waals surface area contributed by atoms with Crippen LogP contribution in [0, 0.1) is 27.4 Å². The van der Waals surface area contributed by atoms with Gasteiger partial charge in [0.2, 0.25) is 11.8 Å². The molecule has 8 nitrogen and oxygen atoms in total. The van der Waals surface area contributed by atoms with Gasteiger partial charge in [0, 0.05) is 19.0 Å². The molecule has 1 atom stereocenters. The first kappa shape index (κ1) is 13.5. The lowest BCUT2D eigenvalue weighted by molar-refractivity contribution is -0.384. The minimum atomic E-state index is -0.666. The summed E-state index contributed by atoms with van der Waals surface area (Å²) in [5.41, 5.74) is 5.00. The molecule has 0 aliphatic carbocycles. The van der Waals surface area contributed by atoms with Crippen molar-refractivity contribution in [2.45, 2.75) is 6.42 Å². The third-order valence-corrected chi connectivity index (χ3v) is 3.12. The molecule has 1 heterocycles. The summed E-state index contributed by atoms with van der Waals surface area (Å²) in [6.45, 7) is 0.0148. The first-order chi connectivity index (χ1) is 9.43.